The third kappa shape index (κ3) is 5.12. The monoisotopic (exact) mass is 287 g/mol. The maximum absolute atomic E-state index is 11.9. The summed E-state index contributed by atoms with van der Waals surface area (Å²) in [6, 6.07) is -1.97. The number of carboxylic acid groups (broad SMARTS) is 2. The Morgan fingerprint density at radius 1 is 1.35 bits per heavy atom. The lowest BCUT2D eigenvalue weighted by molar-refractivity contribution is -0.140. The number of nitrogens with one attached hydrogen (secondary N) is 2. The average Bonchev–Trinajstić information content (AvgIpc) is 2.58. The summed E-state index contributed by atoms with van der Waals surface area (Å²) >= 11 is 0. The van der Waals surface area contributed by atoms with E-state index in [1.807, 2.05) is 0 Å². The summed E-state index contributed by atoms with van der Waals surface area (Å²) in [5.41, 5.74) is 0. The smallest absolute Gasteiger partial charge is 0.326 e. The number of urea groups is 1. The third-order valence-corrected chi connectivity index (χ3v) is 2.79. The molecule has 0 aliphatic carbocycles. The molecule has 1 heterocycles. The van der Waals surface area contributed by atoms with Gasteiger partial charge in [-0.3, -0.25) is 9.59 Å². The standard InChI is InChI=1S/C11H17N3O6/c15-8-6-14(5-1-4-12-8)11(20)13-7(10(18)19)2-3-9(16)17/h7H,1-6H2,(H,12,15)(H,13,20)(H,16,17)(H,18,19)/t7-/m0/s1. The van der Waals surface area contributed by atoms with E-state index in [4.69, 9.17) is 10.2 Å². The number of carboxylic acids is 2. The number of carbonyl (C=O) groups excluding carboxylic acids is 2. The number of hydrogen-bond donors (Lipinski definition) is 4. The van der Waals surface area contributed by atoms with E-state index in [1.54, 1.807) is 0 Å². The fourth-order valence-corrected chi connectivity index (χ4v) is 1.74. The molecule has 20 heavy (non-hydrogen) atoms. The lowest BCUT2D eigenvalue weighted by atomic mass is 10.1. The van der Waals surface area contributed by atoms with Crippen molar-refractivity contribution in [2.75, 3.05) is 19.6 Å². The maximum Gasteiger partial charge on any atom is 0.326 e. The number of carbonyl (C=O) groups is 4. The highest BCUT2D eigenvalue weighted by atomic mass is 16.4. The van der Waals surface area contributed by atoms with Crippen molar-refractivity contribution >= 4 is 23.9 Å². The largest absolute Gasteiger partial charge is 0.481 e. The summed E-state index contributed by atoms with van der Waals surface area (Å²) < 4.78 is 0. The Hall–Kier alpha value is -2.32. The molecule has 1 fully saturated rings. The van der Waals surface area contributed by atoms with Gasteiger partial charge in [0.1, 0.15) is 12.6 Å². The molecule has 1 atom stereocenters. The first-order valence-corrected chi connectivity index (χ1v) is 6.17. The predicted molar refractivity (Wildman–Crippen MR) is 66.0 cm³/mol. The molecule has 9 nitrogen and oxygen atoms in total. The fraction of sp³-hybridized carbons (Fsp3) is 0.636. The molecule has 0 aromatic carbocycles. The summed E-state index contributed by atoms with van der Waals surface area (Å²) in [5.74, 6) is -2.76. The van der Waals surface area contributed by atoms with Crippen LogP contribution in [0.2, 0.25) is 0 Å². The van der Waals surface area contributed by atoms with Crippen LogP contribution in [-0.2, 0) is 14.4 Å². The number of rotatable bonds is 5. The molecule has 9 heteroatoms. The van der Waals surface area contributed by atoms with Crippen LogP contribution in [0.3, 0.4) is 0 Å². The van der Waals surface area contributed by atoms with Crippen molar-refractivity contribution in [1.29, 1.82) is 0 Å². The second-order valence-corrected chi connectivity index (χ2v) is 4.40. The van der Waals surface area contributed by atoms with Crippen molar-refractivity contribution in [1.82, 2.24) is 15.5 Å². The van der Waals surface area contributed by atoms with Gasteiger partial charge in [-0.05, 0) is 12.8 Å². The van der Waals surface area contributed by atoms with Crippen LogP contribution < -0.4 is 10.6 Å². The molecule has 0 unspecified atom stereocenters. The Morgan fingerprint density at radius 3 is 2.65 bits per heavy atom. The lowest BCUT2D eigenvalue weighted by Crippen LogP contribution is -2.49. The van der Waals surface area contributed by atoms with Gasteiger partial charge in [-0.15, -0.1) is 0 Å². The van der Waals surface area contributed by atoms with Gasteiger partial charge in [0.15, 0.2) is 0 Å². The SMILES string of the molecule is O=C(O)CC[C@H](NC(=O)N1CCCNC(=O)C1)C(=O)O. The molecule has 0 bridgehead atoms. The number of amides is 3. The third-order valence-electron chi connectivity index (χ3n) is 2.79. The van der Waals surface area contributed by atoms with E-state index in [0.717, 1.165) is 0 Å². The summed E-state index contributed by atoms with van der Waals surface area (Å²) in [6.07, 6.45) is 0.000198. The van der Waals surface area contributed by atoms with Crippen LogP contribution in [0, 0.1) is 0 Å². The van der Waals surface area contributed by atoms with Crippen molar-refractivity contribution in [3.8, 4) is 0 Å². The van der Waals surface area contributed by atoms with Crippen molar-refractivity contribution in [3.05, 3.63) is 0 Å². The summed E-state index contributed by atoms with van der Waals surface area (Å²) in [5, 5.41) is 22.3. The average molecular weight is 287 g/mol. The van der Waals surface area contributed by atoms with E-state index in [9.17, 15) is 19.2 Å². The van der Waals surface area contributed by atoms with Gasteiger partial charge < -0.3 is 25.7 Å². The van der Waals surface area contributed by atoms with E-state index in [1.165, 1.54) is 4.90 Å². The highest BCUT2D eigenvalue weighted by Crippen LogP contribution is 2.02. The van der Waals surface area contributed by atoms with Gasteiger partial charge in [0, 0.05) is 19.5 Å². The Kier molecular flexibility index (Phi) is 5.75. The normalized spacial score (nSPS) is 16.8. The Labute approximate surface area is 114 Å². The minimum Gasteiger partial charge on any atom is -0.481 e. The van der Waals surface area contributed by atoms with Gasteiger partial charge in [-0.2, -0.15) is 0 Å². The minimum absolute atomic E-state index is 0.142. The van der Waals surface area contributed by atoms with Crippen molar-refractivity contribution < 1.29 is 29.4 Å². The van der Waals surface area contributed by atoms with E-state index >= 15 is 0 Å². The van der Waals surface area contributed by atoms with Gasteiger partial charge >= 0.3 is 18.0 Å². The van der Waals surface area contributed by atoms with E-state index < -0.39 is 24.0 Å². The van der Waals surface area contributed by atoms with Crippen LogP contribution in [0.4, 0.5) is 4.79 Å². The first kappa shape index (κ1) is 15.7. The van der Waals surface area contributed by atoms with Gasteiger partial charge in [0.2, 0.25) is 5.91 Å². The molecule has 1 aliphatic heterocycles. The maximum atomic E-state index is 11.9. The van der Waals surface area contributed by atoms with E-state index in [-0.39, 0.29) is 25.3 Å². The van der Waals surface area contributed by atoms with Crippen LogP contribution >= 0.6 is 0 Å². The summed E-state index contributed by atoms with van der Waals surface area (Å²) in [6.45, 7) is 0.650. The zero-order valence-corrected chi connectivity index (χ0v) is 10.8. The molecule has 1 aliphatic rings. The fourth-order valence-electron chi connectivity index (χ4n) is 1.74. The molecular weight excluding hydrogens is 270 g/mol. The molecular formula is C11H17N3O6. The quantitative estimate of drug-likeness (QED) is 0.503. The van der Waals surface area contributed by atoms with E-state index in [2.05, 4.69) is 10.6 Å². The molecule has 1 saturated heterocycles. The minimum atomic E-state index is -1.31. The molecule has 3 amide bonds. The van der Waals surface area contributed by atoms with Gasteiger partial charge in [-0.1, -0.05) is 0 Å². The van der Waals surface area contributed by atoms with Crippen molar-refractivity contribution in [2.45, 2.75) is 25.3 Å². The van der Waals surface area contributed by atoms with Crippen molar-refractivity contribution in [2.24, 2.45) is 0 Å². The predicted octanol–water partition coefficient (Wildman–Crippen LogP) is -1.16. The van der Waals surface area contributed by atoms with E-state index in [0.29, 0.717) is 19.5 Å². The topological polar surface area (TPSA) is 136 Å². The molecule has 0 spiro atoms. The summed E-state index contributed by atoms with van der Waals surface area (Å²) in [7, 11) is 0. The highest BCUT2D eigenvalue weighted by molar-refractivity contribution is 5.87. The van der Waals surface area contributed by atoms with Crippen LogP contribution in [-0.4, -0.2) is 64.7 Å². The highest BCUT2D eigenvalue weighted by Gasteiger charge is 2.25. The molecule has 112 valence electrons. The van der Waals surface area contributed by atoms with Crippen LogP contribution in [0.15, 0.2) is 0 Å². The van der Waals surface area contributed by atoms with Gasteiger partial charge in [-0.25, -0.2) is 9.59 Å². The van der Waals surface area contributed by atoms with Gasteiger partial charge in [0.25, 0.3) is 0 Å². The number of hydrogen-bond acceptors (Lipinski definition) is 4. The molecule has 0 aromatic rings. The first-order valence-electron chi connectivity index (χ1n) is 6.17. The van der Waals surface area contributed by atoms with Crippen LogP contribution in [0.25, 0.3) is 0 Å². The Bertz CT molecular complexity index is 411. The van der Waals surface area contributed by atoms with Crippen molar-refractivity contribution in [3.63, 3.8) is 0 Å². The molecule has 0 aromatic heterocycles. The zero-order chi connectivity index (χ0) is 15.1. The molecule has 0 saturated carbocycles. The second kappa shape index (κ2) is 7.31. The Balaban J connectivity index is 2.57. The molecule has 0 radical (unpaired) electrons. The number of aliphatic carboxylic acids is 2. The summed E-state index contributed by atoms with van der Waals surface area (Å²) in [4.78, 5) is 45.8. The Morgan fingerprint density at radius 2 is 2.05 bits per heavy atom. The first-order chi connectivity index (χ1) is 9.40. The zero-order valence-electron chi connectivity index (χ0n) is 10.8. The van der Waals surface area contributed by atoms with Gasteiger partial charge in [0.05, 0.1) is 0 Å². The van der Waals surface area contributed by atoms with Crippen LogP contribution in [0.5, 0.6) is 0 Å². The molecule has 4 N–H and O–H groups in total. The number of nitrogens with zero attached hydrogens (tertiary/aromatic N) is 1. The second-order valence-electron chi connectivity index (χ2n) is 4.40. The lowest BCUT2D eigenvalue weighted by Gasteiger charge is -2.22. The molecule has 1 rings (SSSR count). The van der Waals surface area contributed by atoms with Crippen LogP contribution in [0.1, 0.15) is 19.3 Å².